The Labute approximate surface area is 116 Å². The molecule has 0 spiro atoms. The number of benzene rings is 1. The zero-order chi connectivity index (χ0) is 16.2. The van der Waals surface area contributed by atoms with Crippen molar-refractivity contribution in [3.63, 3.8) is 0 Å². The minimum Gasteiger partial charge on any atom is -0.474 e. The van der Waals surface area contributed by atoms with Crippen LogP contribution in [0.25, 0.3) is 0 Å². The Morgan fingerprint density at radius 3 is 1.48 bits per heavy atom. The summed E-state index contributed by atoms with van der Waals surface area (Å²) in [6.45, 7) is 0. The van der Waals surface area contributed by atoms with Crippen molar-refractivity contribution in [3.8, 4) is 0 Å². The molecule has 0 saturated carbocycles. The Hall–Kier alpha value is -3.43. The number of amides is 3. The lowest BCUT2D eigenvalue weighted by Gasteiger charge is -2.08. The molecule has 1 rings (SSSR count). The van der Waals surface area contributed by atoms with Gasteiger partial charge in [0.2, 0.25) is 5.91 Å². The standard InChI is InChI=1S/C11H9N3O7/c12-7(15)4-1-5(13-8(16)10(18)19)3-6(2-4)14-9(17)11(20)21/h1-3H,(H2,12,15)(H,13,16)(H,14,17)(H,18,19)(H,20,21). The first-order valence-electron chi connectivity index (χ1n) is 5.24. The molecule has 1 aromatic rings. The van der Waals surface area contributed by atoms with E-state index in [0.29, 0.717) is 0 Å². The number of primary amides is 1. The van der Waals surface area contributed by atoms with E-state index in [1.165, 1.54) is 0 Å². The van der Waals surface area contributed by atoms with Crippen LogP contribution in [0.2, 0.25) is 0 Å². The van der Waals surface area contributed by atoms with E-state index in [2.05, 4.69) is 0 Å². The molecule has 0 bridgehead atoms. The van der Waals surface area contributed by atoms with Gasteiger partial charge in [-0.1, -0.05) is 0 Å². The molecule has 1 aromatic carbocycles. The van der Waals surface area contributed by atoms with Gasteiger partial charge >= 0.3 is 23.8 Å². The molecule has 110 valence electrons. The van der Waals surface area contributed by atoms with Crippen molar-refractivity contribution in [3.05, 3.63) is 23.8 Å². The van der Waals surface area contributed by atoms with E-state index < -0.39 is 29.7 Å². The number of anilines is 2. The van der Waals surface area contributed by atoms with E-state index in [1.54, 1.807) is 0 Å². The third kappa shape index (κ3) is 4.31. The van der Waals surface area contributed by atoms with Crippen LogP contribution in [0.4, 0.5) is 11.4 Å². The summed E-state index contributed by atoms with van der Waals surface area (Å²) >= 11 is 0. The lowest BCUT2D eigenvalue weighted by atomic mass is 10.1. The third-order valence-corrected chi connectivity index (χ3v) is 2.12. The predicted molar refractivity (Wildman–Crippen MR) is 67.5 cm³/mol. The molecule has 0 aliphatic carbocycles. The van der Waals surface area contributed by atoms with Crippen LogP contribution in [-0.4, -0.2) is 39.9 Å². The molecule has 10 nitrogen and oxygen atoms in total. The Balaban J connectivity index is 3.14. The molecule has 0 heterocycles. The van der Waals surface area contributed by atoms with E-state index in [-0.39, 0.29) is 16.9 Å². The third-order valence-electron chi connectivity index (χ3n) is 2.12. The van der Waals surface area contributed by atoms with Crippen LogP contribution in [0, 0.1) is 0 Å². The largest absolute Gasteiger partial charge is 0.474 e. The van der Waals surface area contributed by atoms with Crippen molar-refractivity contribution in [2.45, 2.75) is 0 Å². The molecular formula is C11H9N3O7. The summed E-state index contributed by atoms with van der Waals surface area (Å²) in [4.78, 5) is 54.0. The monoisotopic (exact) mass is 295 g/mol. The van der Waals surface area contributed by atoms with Gasteiger partial charge in [-0.3, -0.25) is 14.4 Å². The summed E-state index contributed by atoms with van der Waals surface area (Å²) in [5, 5.41) is 20.8. The van der Waals surface area contributed by atoms with Crippen LogP contribution in [0.15, 0.2) is 18.2 Å². The van der Waals surface area contributed by atoms with Crippen LogP contribution in [-0.2, 0) is 19.2 Å². The Morgan fingerprint density at radius 2 is 1.19 bits per heavy atom. The van der Waals surface area contributed by atoms with Crippen molar-refractivity contribution < 1.29 is 34.2 Å². The van der Waals surface area contributed by atoms with Crippen molar-refractivity contribution in [1.29, 1.82) is 0 Å². The molecule has 0 fully saturated rings. The molecule has 0 radical (unpaired) electrons. The van der Waals surface area contributed by atoms with Gasteiger partial charge in [0.05, 0.1) is 0 Å². The summed E-state index contributed by atoms with van der Waals surface area (Å²) in [6.07, 6.45) is 0. The highest BCUT2D eigenvalue weighted by Crippen LogP contribution is 2.19. The Morgan fingerprint density at radius 1 is 0.810 bits per heavy atom. The van der Waals surface area contributed by atoms with E-state index >= 15 is 0 Å². The maximum atomic E-state index is 11.1. The first kappa shape index (κ1) is 15.6. The lowest BCUT2D eigenvalue weighted by Crippen LogP contribution is -2.24. The summed E-state index contributed by atoms with van der Waals surface area (Å²) in [5.41, 5.74) is 4.56. The fraction of sp³-hybridized carbons (Fsp3) is 0. The number of carboxylic acids is 2. The van der Waals surface area contributed by atoms with Crippen molar-refractivity contribution in [2.75, 3.05) is 10.6 Å². The second-order valence-electron chi connectivity index (χ2n) is 3.68. The molecule has 21 heavy (non-hydrogen) atoms. The van der Waals surface area contributed by atoms with Gasteiger partial charge in [0, 0.05) is 16.9 Å². The number of hydrogen-bond acceptors (Lipinski definition) is 5. The molecule has 10 heteroatoms. The number of aliphatic carboxylic acids is 2. The van der Waals surface area contributed by atoms with Gasteiger partial charge in [-0.15, -0.1) is 0 Å². The topological polar surface area (TPSA) is 176 Å². The number of nitrogens with one attached hydrogen (secondary N) is 2. The molecule has 0 atom stereocenters. The molecule has 0 aromatic heterocycles. The van der Waals surface area contributed by atoms with Crippen LogP contribution in [0.3, 0.4) is 0 Å². The second kappa shape index (κ2) is 6.14. The maximum Gasteiger partial charge on any atom is 0.394 e. The average molecular weight is 295 g/mol. The summed E-state index contributed by atoms with van der Waals surface area (Å²) in [5.74, 6) is -7.22. The van der Waals surface area contributed by atoms with Crippen molar-refractivity contribution in [1.82, 2.24) is 0 Å². The highest BCUT2D eigenvalue weighted by Gasteiger charge is 2.16. The van der Waals surface area contributed by atoms with Gasteiger partial charge in [0.25, 0.3) is 0 Å². The van der Waals surface area contributed by atoms with Gasteiger partial charge in [0.1, 0.15) is 0 Å². The van der Waals surface area contributed by atoms with Crippen LogP contribution >= 0.6 is 0 Å². The maximum absolute atomic E-state index is 11.1. The number of nitrogens with two attached hydrogens (primary N) is 1. The predicted octanol–water partition coefficient (Wildman–Crippen LogP) is -1.17. The molecule has 0 aliphatic heterocycles. The minimum atomic E-state index is -1.77. The van der Waals surface area contributed by atoms with Gasteiger partial charge in [-0.25, -0.2) is 9.59 Å². The van der Waals surface area contributed by atoms with Crippen LogP contribution < -0.4 is 16.4 Å². The quantitative estimate of drug-likeness (QED) is 0.436. The molecular weight excluding hydrogens is 286 g/mol. The van der Waals surface area contributed by atoms with Crippen LogP contribution in [0.1, 0.15) is 10.4 Å². The summed E-state index contributed by atoms with van der Waals surface area (Å²) < 4.78 is 0. The highest BCUT2D eigenvalue weighted by atomic mass is 16.4. The summed E-state index contributed by atoms with van der Waals surface area (Å²) in [6, 6.07) is 3.20. The minimum absolute atomic E-state index is 0.153. The molecule has 0 aliphatic rings. The Bertz CT molecular complexity index is 607. The molecule has 6 N–H and O–H groups in total. The number of carboxylic acid groups (broad SMARTS) is 2. The molecule has 0 saturated heterocycles. The fourth-order valence-corrected chi connectivity index (χ4v) is 1.28. The van der Waals surface area contributed by atoms with E-state index in [9.17, 15) is 24.0 Å². The Kier molecular flexibility index (Phi) is 4.57. The lowest BCUT2D eigenvalue weighted by molar-refractivity contribution is -0.147. The smallest absolute Gasteiger partial charge is 0.394 e. The van der Waals surface area contributed by atoms with E-state index in [0.717, 1.165) is 18.2 Å². The number of hydrogen-bond donors (Lipinski definition) is 5. The summed E-state index contributed by atoms with van der Waals surface area (Å²) in [7, 11) is 0. The van der Waals surface area contributed by atoms with E-state index in [1.807, 2.05) is 10.6 Å². The first-order chi connectivity index (χ1) is 9.70. The van der Waals surface area contributed by atoms with Gasteiger partial charge in [-0.05, 0) is 18.2 Å². The number of rotatable bonds is 3. The van der Waals surface area contributed by atoms with E-state index in [4.69, 9.17) is 15.9 Å². The zero-order valence-corrected chi connectivity index (χ0v) is 10.2. The van der Waals surface area contributed by atoms with Gasteiger partial charge in [0.15, 0.2) is 0 Å². The SMILES string of the molecule is NC(=O)c1cc(NC(=O)C(=O)O)cc(NC(=O)C(=O)O)c1. The van der Waals surface area contributed by atoms with Crippen molar-refractivity contribution >= 4 is 41.0 Å². The number of carbonyl (C=O) groups excluding carboxylic acids is 3. The first-order valence-corrected chi connectivity index (χ1v) is 5.24. The molecule has 0 unspecified atom stereocenters. The normalized spacial score (nSPS) is 9.52. The fourth-order valence-electron chi connectivity index (χ4n) is 1.28. The van der Waals surface area contributed by atoms with Crippen LogP contribution in [0.5, 0.6) is 0 Å². The number of carbonyl (C=O) groups is 5. The van der Waals surface area contributed by atoms with Gasteiger partial charge in [-0.2, -0.15) is 0 Å². The zero-order valence-electron chi connectivity index (χ0n) is 10.2. The highest BCUT2D eigenvalue weighted by molar-refractivity contribution is 6.37. The van der Waals surface area contributed by atoms with Crippen molar-refractivity contribution in [2.24, 2.45) is 5.73 Å². The second-order valence-corrected chi connectivity index (χ2v) is 3.68. The average Bonchev–Trinajstić information content (AvgIpc) is 2.37. The van der Waals surface area contributed by atoms with Gasteiger partial charge < -0.3 is 26.6 Å². The molecule has 3 amide bonds.